The van der Waals surface area contributed by atoms with Gasteiger partial charge in [0.2, 0.25) is 5.95 Å². The monoisotopic (exact) mass is 192 g/mol. The first-order chi connectivity index (χ1) is 6.43. The van der Waals surface area contributed by atoms with Crippen molar-refractivity contribution in [1.82, 2.24) is 4.98 Å². The lowest BCUT2D eigenvalue weighted by Gasteiger charge is -2.09. The van der Waals surface area contributed by atoms with Crippen LogP contribution in [0.15, 0.2) is 19.2 Å². The zero-order valence-corrected chi connectivity index (χ0v) is 8.39. The normalized spacial score (nSPS) is 9.93. The predicted molar refractivity (Wildman–Crippen MR) is 58.0 cm³/mol. The number of allylic oxidation sites excluding steroid dienone is 2. The Balaban J connectivity index is 3.47. The maximum Gasteiger partial charge on any atom is 0.214 e. The number of rotatable bonds is 2. The molecule has 14 heavy (non-hydrogen) atoms. The summed E-state index contributed by atoms with van der Waals surface area (Å²) in [4.78, 5) is 3.68. The van der Waals surface area contributed by atoms with E-state index in [4.69, 9.17) is 5.73 Å². The van der Waals surface area contributed by atoms with Gasteiger partial charge >= 0.3 is 0 Å². The van der Waals surface area contributed by atoms with Crippen LogP contribution in [-0.4, -0.2) is 4.98 Å². The van der Waals surface area contributed by atoms with Gasteiger partial charge in [-0.05, 0) is 25.0 Å². The molecule has 0 aliphatic heterocycles. The molecule has 0 fully saturated rings. The Kier molecular flexibility index (Phi) is 2.70. The molecule has 0 amide bonds. The lowest BCUT2D eigenvalue weighted by molar-refractivity contribution is 0.582. The summed E-state index contributed by atoms with van der Waals surface area (Å²) in [6, 6.07) is 1.28. The van der Waals surface area contributed by atoms with Gasteiger partial charge in [0.15, 0.2) is 0 Å². The molecule has 0 atom stereocenters. The van der Waals surface area contributed by atoms with E-state index in [0.717, 1.165) is 0 Å². The van der Waals surface area contributed by atoms with Gasteiger partial charge in [0.25, 0.3) is 0 Å². The highest BCUT2D eigenvalue weighted by atomic mass is 19.1. The summed E-state index contributed by atoms with van der Waals surface area (Å²) in [6.45, 7) is 10.9. The lowest BCUT2D eigenvalue weighted by atomic mass is 10.0. The maximum atomic E-state index is 13.1. The molecule has 0 aliphatic rings. The largest absolute Gasteiger partial charge is 0.396 e. The van der Waals surface area contributed by atoms with Crippen molar-refractivity contribution in [2.75, 3.05) is 5.73 Å². The van der Waals surface area contributed by atoms with Crippen molar-refractivity contribution in [3.8, 4) is 0 Å². The maximum absolute atomic E-state index is 13.1. The number of hydrogen-bond donors (Lipinski definition) is 1. The molecule has 0 bridgehead atoms. The topological polar surface area (TPSA) is 38.9 Å². The van der Waals surface area contributed by atoms with E-state index in [-0.39, 0.29) is 0 Å². The van der Waals surface area contributed by atoms with E-state index < -0.39 is 5.95 Å². The fraction of sp³-hybridized carbons (Fsp3) is 0.182. The summed E-state index contributed by atoms with van der Waals surface area (Å²) in [5.41, 5.74) is 8.60. The predicted octanol–water partition coefficient (Wildman–Crippen LogP) is 2.87. The second-order valence-electron chi connectivity index (χ2n) is 3.32. The summed E-state index contributed by atoms with van der Waals surface area (Å²) in [7, 11) is 0. The van der Waals surface area contributed by atoms with E-state index in [1.807, 2.05) is 0 Å². The lowest BCUT2D eigenvalue weighted by Crippen LogP contribution is -2.02. The molecule has 2 N–H and O–H groups in total. The van der Waals surface area contributed by atoms with E-state index in [1.165, 1.54) is 6.07 Å². The summed E-state index contributed by atoms with van der Waals surface area (Å²) < 4.78 is 13.1. The highest BCUT2D eigenvalue weighted by Crippen LogP contribution is 2.26. The molecule has 0 aliphatic carbocycles. The van der Waals surface area contributed by atoms with Crippen molar-refractivity contribution in [2.45, 2.75) is 13.8 Å². The van der Waals surface area contributed by atoms with Crippen LogP contribution in [0.1, 0.15) is 25.1 Å². The summed E-state index contributed by atoms with van der Waals surface area (Å²) >= 11 is 0. The highest BCUT2D eigenvalue weighted by molar-refractivity contribution is 5.80. The molecule has 1 aromatic heterocycles. The van der Waals surface area contributed by atoms with Gasteiger partial charge in [0.05, 0.1) is 11.4 Å². The Labute approximate surface area is 83.0 Å². The zero-order chi connectivity index (χ0) is 10.9. The van der Waals surface area contributed by atoms with E-state index in [0.29, 0.717) is 28.1 Å². The number of aromatic nitrogens is 1. The van der Waals surface area contributed by atoms with Crippen molar-refractivity contribution in [3.05, 3.63) is 36.4 Å². The van der Waals surface area contributed by atoms with Gasteiger partial charge in [-0.25, -0.2) is 4.98 Å². The van der Waals surface area contributed by atoms with E-state index >= 15 is 0 Å². The van der Waals surface area contributed by atoms with Crippen LogP contribution in [0.2, 0.25) is 0 Å². The molecule has 1 heterocycles. The number of hydrogen-bond acceptors (Lipinski definition) is 2. The van der Waals surface area contributed by atoms with Crippen LogP contribution >= 0.6 is 0 Å². The molecular weight excluding hydrogens is 179 g/mol. The second kappa shape index (κ2) is 3.62. The molecule has 74 valence electrons. The smallest absolute Gasteiger partial charge is 0.214 e. The molecule has 0 unspecified atom stereocenters. The summed E-state index contributed by atoms with van der Waals surface area (Å²) in [6.07, 6.45) is 0. The zero-order valence-electron chi connectivity index (χ0n) is 8.39. The number of nitrogens with zero attached hydrogens (tertiary/aromatic N) is 1. The molecule has 2 nitrogen and oxygen atoms in total. The van der Waals surface area contributed by atoms with E-state index in [2.05, 4.69) is 18.1 Å². The molecule has 3 heteroatoms. The molecular formula is C11H13FN2. The van der Waals surface area contributed by atoms with Crippen molar-refractivity contribution < 1.29 is 4.39 Å². The van der Waals surface area contributed by atoms with Crippen molar-refractivity contribution in [1.29, 1.82) is 0 Å². The van der Waals surface area contributed by atoms with E-state index in [1.54, 1.807) is 13.8 Å². The van der Waals surface area contributed by atoms with Crippen LogP contribution in [0.3, 0.4) is 0 Å². The Hall–Kier alpha value is -1.64. The molecule has 0 aromatic carbocycles. The van der Waals surface area contributed by atoms with Gasteiger partial charge in [-0.2, -0.15) is 4.39 Å². The van der Waals surface area contributed by atoms with Gasteiger partial charge in [0.1, 0.15) is 0 Å². The van der Waals surface area contributed by atoms with Gasteiger partial charge in [-0.1, -0.05) is 13.2 Å². The van der Waals surface area contributed by atoms with Crippen LogP contribution in [0.25, 0.3) is 11.1 Å². The number of anilines is 1. The Morgan fingerprint density at radius 2 is 1.93 bits per heavy atom. The van der Waals surface area contributed by atoms with E-state index in [9.17, 15) is 4.39 Å². The third kappa shape index (κ3) is 1.82. The average Bonchev–Trinajstić information content (AvgIpc) is 2.07. The van der Waals surface area contributed by atoms with Crippen molar-refractivity contribution in [3.63, 3.8) is 0 Å². The second-order valence-corrected chi connectivity index (χ2v) is 3.32. The van der Waals surface area contributed by atoms with Gasteiger partial charge in [-0.15, -0.1) is 0 Å². The molecule has 1 aromatic rings. The Bertz CT molecular complexity index is 373. The molecule has 1 rings (SSSR count). The minimum absolute atomic E-state index is 0.406. The van der Waals surface area contributed by atoms with Crippen LogP contribution < -0.4 is 5.73 Å². The Morgan fingerprint density at radius 1 is 1.36 bits per heavy atom. The summed E-state index contributed by atoms with van der Waals surface area (Å²) in [5, 5.41) is 0. The first kappa shape index (κ1) is 10.4. The minimum atomic E-state index is -0.560. The average molecular weight is 192 g/mol. The third-order valence-corrected chi connectivity index (χ3v) is 1.89. The van der Waals surface area contributed by atoms with Crippen LogP contribution in [0, 0.1) is 5.95 Å². The van der Waals surface area contributed by atoms with Crippen LogP contribution in [-0.2, 0) is 0 Å². The quantitative estimate of drug-likeness (QED) is 0.732. The van der Waals surface area contributed by atoms with Crippen LogP contribution in [0.4, 0.5) is 10.1 Å². The molecule has 0 saturated heterocycles. The first-order valence-electron chi connectivity index (χ1n) is 4.21. The van der Waals surface area contributed by atoms with Gasteiger partial charge < -0.3 is 5.73 Å². The van der Waals surface area contributed by atoms with Crippen molar-refractivity contribution >= 4 is 16.8 Å². The van der Waals surface area contributed by atoms with Crippen LogP contribution in [0.5, 0.6) is 0 Å². The fourth-order valence-electron chi connectivity index (χ4n) is 1.20. The number of halogens is 1. The number of nitrogen functional groups attached to an aromatic ring is 1. The van der Waals surface area contributed by atoms with Crippen molar-refractivity contribution in [2.24, 2.45) is 0 Å². The number of nitrogens with two attached hydrogens (primary N) is 1. The minimum Gasteiger partial charge on any atom is -0.396 e. The molecule has 0 radical (unpaired) electrons. The summed E-state index contributed by atoms with van der Waals surface area (Å²) in [5.74, 6) is -0.560. The Morgan fingerprint density at radius 3 is 2.36 bits per heavy atom. The SMILES string of the molecule is C=C(C)c1cc(F)nc(C(=C)C)c1N. The first-order valence-corrected chi connectivity index (χ1v) is 4.21. The highest BCUT2D eigenvalue weighted by Gasteiger charge is 2.10. The standard InChI is InChI=1S/C11H13FN2/c1-6(2)8-5-9(12)14-11(7(3)4)10(8)13/h5H,1,3,13H2,2,4H3. The third-order valence-electron chi connectivity index (χ3n) is 1.89. The fourth-order valence-corrected chi connectivity index (χ4v) is 1.20. The number of pyridine rings is 1. The molecule has 0 saturated carbocycles. The van der Waals surface area contributed by atoms with Gasteiger partial charge in [0, 0.05) is 11.6 Å². The van der Waals surface area contributed by atoms with Gasteiger partial charge in [-0.3, -0.25) is 0 Å². The molecule has 0 spiro atoms.